The van der Waals surface area contributed by atoms with Gasteiger partial charge in [-0.2, -0.15) is 0 Å². The SMILES string of the molecule is CCCN(CCC)C(=O)C1=CC(C(N)=O)([C@H](Cc2cc(F)cc(F)c2)[C@@H](O)CNC2CCC(c3ccccc3)C2)CN=C1. The van der Waals surface area contributed by atoms with Crippen molar-refractivity contribution in [2.75, 3.05) is 26.2 Å². The molecule has 0 spiro atoms. The molecule has 1 fully saturated rings. The summed E-state index contributed by atoms with van der Waals surface area (Å²) < 4.78 is 28.4. The number of carbonyl (C=O) groups excluding carboxylic acids is 2. The van der Waals surface area contributed by atoms with E-state index in [0.29, 0.717) is 19.0 Å². The van der Waals surface area contributed by atoms with Crippen molar-refractivity contribution in [3.63, 3.8) is 0 Å². The van der Waals surface area contributed by atoms with Crippen molar-refractivity contribution < 1.29 is 23.5 Å². The molecule has 1 heterocycles. The molecule has 0 radical (unpaired) electrons. The molecule has 43 heavy (non-hydrogen) atoms. The minimum absolute atomic E-state index is 0.0428. The summed E-state index contributed by atoms with van der Waals surface area (Å²) in [7, 11) is 0. The van der Waals surface area contributed by atoms with Gasteiger partial charge >= 0.3 is 0 Å². The van der Waals surface area contributed by atoms with Crippen LogP contribution in [0.25, 0.3) is 0 Å². The fourth-order valence-electron chi connectivity index (χ4n) is 6.63. The number of hydrogen-bond acceptors (Lipinski definition) is 5. The molecule has 1 aliphatic heterocycles. The summed E-state index contributed by atoms with van der Waals surface area (Å²) >= 11 is 0. The van der Waals surface area contributed by atoms with Gasteiger partial charge in [0.1, 0.15) is 11.6 Å². The molecule has 232 valence electrons. The summed E-state index contributed by atoms with van der Waals surface area (Å²) in [6, 6.07) is 13.6. The van der Waals surface area contributed by atoms with E-state index in [9.17, 15) is 23.5 Å². The van der Waals surface area contributed by atoms with Crippen molar-refractivity contribution in [1.29, 1.82) is 0 Å². The number of aliphatic hydroxyl groups is 1. The van der Waals surface area contributed by atoms with E-state index in [1.54, 1.807) is 4.90 Å². The van der Waals surface area contributed by atoms with Crippen molar-refractivity contribution in [3.05, 3.63) is 82.9 Å². The van der Waals surface area contributed by atoms with Gasteiger partial charge in [-0.3, -0.25) is 14.6 Å². The van der Waals surface area contributed by atoms with Crippen LogP contribution in [0, 0.1) is 23.0 Å². The molecule has 9 heteroatoms. The molecule has 4 rings (SSSR count). The first-order chi connectivity index (χ1) is 20.7. The third kappa shape index (κ3) is 7.95. The molecule has 1 aliphatic carbocycles. The van der Waals surface area contributed by atoms with Gasteiger partial charge < -0.3 is 21.1 Å². The Balaban J connectivity index is 1.62. The Kier molecular flexibility index (Phi) is 11.2. The molecule has 0 saturated heterocycles. The molecule has 3 unspecified atom stereocenters. The van der Waals surface area contributed by atoms with Gasteiger partial charge in [0, 0.05) is 43.9 Å². The number of nitrogens with zero attached hydrogens (tertiary/aromatic N) is 2. The first-order valence-corrected chi connectivity index (χ1v) is 15.4. The van der Waals surface area contributed by atoms with Crippen molar-refractivity contribution in [3.8, 4) is 0 Å². The van der Waals surface area contributed by atoms with Crippen LogP contribution in [0.2, 0.25) is 0 Å². The molecule has 2 aliphatic rings. The first-order valence-electron chi connectivity index (χ1n) is 15.4. The molecular formula is C34H44F2N4O3. The molecule has 4 N–H and O–H groups in total. The van der Waals surface area contributed by atoms with E-state index >= 15 is 0 Å². The number of nitrogens with two attached hydrogens (primary N) is 1. The third-order valence-corrected chi connectivity index (χ3v) is 8.80. The van der Waals surface area contributed by atoms with E-state index < -0.39 is 35.0 Å². The molecule has 0 aromatic heterocycles. The Morgan fingerprint density at radius 3 is 2.40 bits per heavy atom. The average molecular weight is 595 g/mol. The number of aliphatic hydroxyl groups excluding tert-OH is 1. The van der Waals surface area contributed by atoms with Gasteiger partial charge in [-0.25, -0.2) is 8.78 Å². The third-order valence-electron chi connectivity index (χ3n) is 8.80. The van der Waals surface area contributed by atoms with E-state index in [-0.39, 0.29) is 42.6 Å². The van der Waals surface area contributed by atoms with Gasteiger partial charge in [0.25, 0.3) is 5.91 Å². The molecule has 2 aromatic carbocycles. The van der Waals surface area contributed by atoms with Crippen LogP contribution in [0.3, 0.4) is 0 Å². The minimum Gasteiger partial charge on any atom is -0.391 e. The normalized spacial score (nSPS) is 23.0. The maximum Gasteiger partial charge on any atom is 0.255 e. The maximum absolute atomic E-state index is 14.2. The highest BCUT2D eigenvalue weighted by Crippen LogP contribution is 2.39. The van der Waals surface area contributed by atoms with Crippen LogP contribution >= 0.6 is 0 Å². The smallest absolute Gasteiger partial charge is 0.255 e. The summed E-state index contributed by atoms with van der Waals surface area (Å²) in [5.74, 6) is -3.02. The molecule has 1 saturated carbocycles. The second-order valence-electron chi connectivity index (χ2n) is 11.9. The van der Waals surface area contributed by atoms with E-state index in [0.717, 1.165) is 38.2 Å². The number of carbonyl (C=O) groups is 2. The van der Waals surface area contributed by atoms with E-state index in [4.69, 9.17) is 5.73 Å². The first kappa shape index (κ1) is 32.5. The highest BCUT2D eigenvalue weighted by Gasteiger charge is 2.48. The molecule has 5 atom stereocenters. The fourth-order valence-corrected chi connectivity index (χ4v) is 6.63. The second-order valence-corrected chi connectivity index (χ2v) is 11.9. The number of aliphatic imine (C=N–C) groups is 1. The lowest BCUT2D eigenvalue weighted by molar-refractivity contribution is -0.130. The van der Waals surface area contributed by atoms with Crippen LogP contribution in [0.1, 0.15) is 63.0 Å². The zero-order chi connectivity index (χ0) is 31.0. The Hall–Kier alpha value is -3.43. The predicted molar refractivity (Wildman–Crippen MR) is 165 cm³/mol. The standard InChI is InChI=1S/C34H44F2N4O3/c1-3-12-40(13-4-2)32(42)26-19-34(33(37)43,22-38-20-26)30(16-23-14-27(35)18-28(36)15-23)31(41)21-39-29-11-10-25(17-29)24-8-6-5-7-9-24/h5-9,14-15,18-20,25,29-31,39,41H,3-4,10-13,16-17,21-22H2,1-2H3,(H2,37,43)/t25?,29?,30-,31+,34?/m1/s1. The molecule has 2 amide bonds. The molecule has 0 bridgehead atoms. The van der Waals surface area contributed by atoms with Crippen molar-refractivity contribution >= 4 is 18.0 Å². The minimum atomic E-state index is -1.55. The van der Waals surface area contributed by atoms with Crippen LogP contribution in [-0.2, 0) is 16.0 Å². The second kappa shape index (κ2) is 14.8. The Morgan fingerprint density at radius 2 is 1.77 bits per heavy atom. The van der Waals surface area contributed by atoms with Crippen molar-refractivity contribution in [2.45, 2.75) is 70.4 Å². The molecule has 7 nitrogen and oxygen atoms in total. The largest absolute Gasteiger partial charge is 0.391 e. The number of benzene rings is 2. The van der Waals surface area contributed by atoms with E-state index in [2.05, 4.69) is 22.4 Å². The Bertz CT molecular complexity index is 1290. The van der Waals surface area contributed by atoms with Gasteiger partial charge in [-0.05, 0) is 67.7 Å². The number of primary amides is 1. The quantitative estimate of drug-likeness (QED) is 0.299. The monoisotopic (exact) mass is 594 g/mol. The summed E-state index contributed by atoms with van der Waals surface area (Å²) in [5, 5.41) is 15.2. The van der Waals surface area contributed by atoms with Crippen LogP contribution in [0.15, 0.2) is 65.2 Å². The number of hydrogen-bond donors (Lipinski definition) is 3. The number of nitrogens with one attached hydrogen (secondary N) is 1. The van der Waals surface area contributed by atoms with Gasteiger partial charge in [0.05, 0.1) is 23.6 Å². The van der Waals surface area contributed by atoms with Gasteiger partial charge in [-0.1, -0.05) is 50.3 Å². The zero-order valence-electron chi connectivity index (χ0n) is 25.1. The van der Waals surface area contributed by atoms with Gasteiger partial charge in [-0.15, -0.1) is 0 Å². The van der Waals surface area contributed by atoms with E-state index in [1.165, 1.54) is 30.0 Å². The van der Waals surface area contributed by atoms with Gasteiger partial charge in [0.15, 0.2) is 0 Å². The van der Waals surface area contributed by atoms with E-state index in [1.807, 2.05) is 32.0 Å². The average Bonchev–Trinajstić information content (AvgIpc) is 3.47. The zero-order valence-corrected chi connectivity index (χ0v) is 25.1. The summed E-state index contributed by atoms with van der Waals surface area (Å²) in [6.07, 6.45) is 6.21. The van der Waals surface area contributed by atoms with Gasteiger partial charge in [0.2, 0.25) is 5.91 Å². The number of amides is 2. The Morgan fingerprint density at radius 1 is 1.09 bits per heavy atom. The summed E-state index contributed by atoms with van der Waals surface area (Å²) in [4.78, 5) is 32.9. The molecule has 2 aromatic rings. The number of dihydropyridines is 1. The summed E-state index contributed by atoms with van der Waals surface area (Å²) in [6.45, 7) is 5.12. The van der Waals surface area contributed by atoms with Crippen LogP contribution in [0.5, 0.6) is 0 Å². The van der Waals surface area contributed by atoms with Crippen LogP contribution in [-0.4, -0.2) is 66.4 Å². The van der Waals surface area contributed by atoms with Crippen LogP contribution < -0.4 is 11.1 Å². The van der Waals surface area contributed by atoms with Crippen molar-refractivity contribution in [2.24, 2.45) is 22.1 Å². The highest BCUT2D eigenvalue weighted by molar-refractivity contribution is 6.13. The fraction of sp³-hybridized carbons (Fsp3) is 0.500. The number of rotatable bonds is 14. The lowest BCUT2D eigenvalue weighted by Gasteiger charge is -2.40. The maximum atomic E-state index is 14.2. The Labute approximate surface area is 253 Å². The number of halogens is 2. The summed E-state index contributed by atoms with van der Waals surface area (Å²) in [5.41, 5.74) is 6.29. The topological polar surface area (TPSA) is 108 Å². The highest BCUT2D eigenvalue weighted by atomic mass is 19.1. The predicted octanol–water partition coefficient (Wildman–Crippen LogP) is 4.54. The molecular weight excluding hydrogens is 550 g/mol. The van der Waals surface area contributed by atoms with Crippen LogP contribution in [0.4, 0.5) is 8.78 Å². The lowest BCUT2D eigenvalue weighted by Crippen LogP contribution is -2.53. The lowest BCUT2D eigenvalue weighted by atomic mass is 9.67. The van der Waals surface area contributed by atoms with Crippen molar-refractivity contribution in [1.82, 2.24) is 10.2 Å².